The number of nitrogens with zero attached hydrogens (tertiary/aromatic N) is 1. The summed E-state index contributed by atoms with van der Waals surface area (Å²) in [4.78, 5) is 37.7. The predicted molar refractivity (Wildman–Crippen MR) is 73.9 cm³/mol. The monoisotopic (exact) mass is 292 g/mol. The van der Waals surface area contributed by atoms with Crippen molar-refractivity contribution < 1.29 is 19.1 Å². The lowest BCUT2D eigenvalue weighted by molar-refractivity contribution is -0.144. The fraction of sp³-hybridized carbons (Fsp3) is 0.667. The number of rotatable bonds is 6. The van der Waals surface area contributed by atoms with Crippen LogP contribution in [0.5, 0.6) is 0 Å². The minimum absolute atomic E-state index is 0.156. The number of methoxy groups -OCH3 is 1. The van der Waals surface area contributed by atoms with E-state index in [1.807, 2.05) is 12.2 Å². The molecule has 0 aromatic heterocycles. The Morgan fingerprint density at radius 2 is 1.90 bits per heavy atom. The number of hydrogen-bond acceptors (Lipinski definition) is 4. The third-order valence-electron chi connectivity index (χ3n) is 4.71. The third kappa shape index (κ3) is 2.37. The van der Waals surface area contributed by atoms with Crippen molar-refractivity contribution in [1.29, 1.82) is 0 Å². The van der Waals surface area contributed by atoms with Crippen molar-refractivity contribution >= 4 is 17.7 Å². The van der Waals surface area contributed by atoms with Gasteiger partial charge in [-0.3, -0.25) is 19.3 Å². The summed E-state index contributed by atoms with van der Waals surface area (Å²) in [5, 5.41) is 2.71. The van der Waals surface area contributed by atoms with Crippen molar-refractivity contribution in [2.45, 2.75) is 12.8 Å². The molecule has 2 fully saturated rings. The fourth-order valence-electron chi connectivity index (χ4n) is 3.76. The zero-order valence-electron chi connectivity index (χ0n) is 12.1. The molecule has 6 heteroatoms. The molecule has 1 aliphatic heterocycles. The van der Waals surface area contributed by atoms with Crippen LogP contribution in [-0.2, 0) is 19.1 Å². The first-order valence-corrected chi connectivity index (χ1v) is 7.42. The van der Waals surface area contributed by atoms with E-state index < -0.39 is 0 Å². The van der Waals surface area contributed by atoms with Crippen molar-refractivity contribution in [1.82, 2.24) is 10.2 Å². The summed E-state index contributed by atoms with van der Waals surface area (Å²) in [6, 6.07) is 0. The Kier molecular flexibility index (Phi) is 3.80. The van der Waals surface area contributed by atoms with E-state index >= 15 is 0 Å². The molecular weight excluding hydrogens is 272 g/mol. The van der Waals surface area contributed by atoms with E-state index in [2.05, 4.69) is 5.32 Å². The number of hydrogen-bond donors (Lipinski definition) is 1. The number of ether oxygens (including phenoxy) is 1. The van der Waals surface area contributed by atoms with Gasteiger partial charge in [0.2, 0.25) is 17.7 Å². The van der Waals surface area contributed by atoms with E-state index in [9.17, 15) is 14.4 Å². The maximum atomic E-state index is 12.4. The molecule has 4 unspecified atom stereocenters. The Labute approximate surface area is 123 Å². The van der Waals surface area contributed by atoms with E-state index in [-0.39, 0.29) is 47.9 Å². The molecule has 1 saturated heterocycles. The van der Waals surface area contributed by atoms with Gasteiger partial charge in [-0.25, -0.2) is 0 Å². The lowest BCUT2D eigenvalue weighted by atomic mass is 9.85. The Balaban J connectivity index is 1.56. The van der Waals surface area contributed by atoms with Gasteiger partial charge >= 0.3 is 0 Å². The molecule has 0 radical (unpaired) electrons. The average Bonchev–Trinajstić information content (AvgIpc) is 3.13. The van der Waals surface area contributed by atoms with Crippen LogP contribution in [0.1, 0.15) is 12.8 Å². The summed E-state index contributed by atoms with van der Waals surface area (Å²) in [5.74, 6) is -0.712. The molecule has 1 saturated carbocycles. The third-order valence-corrected chi connectivity index (χ3v) is 4.71. The molecule has 1 N–H and O–H groups in total. The topological polar surface area (TPSA) is 75.7 Å². The second kappa shape index (κ2) is 5.60. The normalized spacial score (nSPS) is 32.9. The summed E-state index contributed by atoms with van der Waals surface area (Å²) >= 11 is 0. The Hall–Kier alpha value is -1.69. The number of allylic oxidation sites excluding steroid dienone is 2. The Bertz CT molecular complexity index is 472. The summed E-state index contributed by atoms with van der Waals surface area (Å²) in [6.45, 7) is 0.903. The van der Waals surface area contributed by atoms with Gasteiger partial charge in [0.15, 0.2) is 0 Å². The number of amides is 3. The molecule has 0 spiro atoms. The molecule has 21 heavy (non-hydrogen) atoms. The van der Waals surface area contributed by atoms with Crippen molar-refractivity contribution in [3.05, 3.63) is 12.2 Å². The van der Waals surface area contributed by atoms with Crippen molar-refractivity contribution in [3.8, 4) is 0 Å². The van der Waals surface area contributed by atoms with Crippen molar-refractivity contribution in [2.24, 2.45) is 23.7 Å². The minimum Gasteiger partial charge on any atom is -0.385 e. The molecule has 0 aromatic carbocycles. The zero-order valence-corrected chi connectivity index (χ0v) is 12.1. The average molecular weight is 292 g/mol. The highest BCUT2D eigenvalue weighted by Crippen LogP contribution is 2.52. The van der Waals surface area contributed by atoms with E-state index in [0.717, 1.165) is 11.3 Å². The number of carbonyl (C=O) groups is 3. The number of carbonyl (C=O) groups excluding carboxylic acids is 3. The van der Waals surface area contributed by atoms with Crippen LogP contribution in [0.15, 0.2) is 12.2 Å². The molecule has 0 aromatic rings. The smallest absolute Gasteiger partial charge is 0.240 e. The number of imide groups is 1. The van der Waals surface area contributed by atoms with Crippen LogP contribution >= 0.6 is 0 Å². The maximum absolute atomic E-state index is 12.4. The standard InChI is InChI=1S/C15H20N2O4/c1-21-6-2-5-16-11(18)8-17-14(19)12-9-3-4-10(7-9)13(12)15(17)20/h3-4,9-10,12-13H,2,5-8H2,1H3,(H,16,18). The molecule has 2 aliphatic carbocycles. The van der Waals surface area contributed by atoms with Gasteiger partial charge in [-0.15, -0.1) is 0 Å². The first-order valence-electron chi connectivity index (χ1n) is 7.42. The van der Waals surface area contributed by atoms with Crippen LogP contribution in [0.4, 0.5) is 0 Å². The number of nitrogens with one attached hydrogen (secondary N) is 1. The molecule has 3 aliphatic rings. The van der Waals surface area contributed by atoms with Gasteiger partial charge in [-0.2, -0.15) is 0 Å². The van der Waals surface area contributed by atoms with Gasteiger partial charge in [0.25, 0.3) is 0 Å². The van der Waals surface area contributed by atoms with E-state index in [1.54, 1.807) is 7.11 Å². The Morgan fingerprint density at radius 3 is 2.48 bits per heavy atom. The summed E-state index contributed by atoms with van der Waals surface area (Å²) < 4.78 is 4.90. The zero-order chi connectivity index (χ0) is 15.0. The van der Waals surface area contributed by atoms with E-state index in [4.69, 9.17) is 4.74 Å². The highest BCUT2D eigenvalue weighted by molar-refractivity contribution is 6.08. The molecule has 3 amide bonds. The highest BCUT2D eigenvalue weighted by atomic mass is 16.5. The molecule has 4 atom stereocenters. The first-order chi connectivity index (χ1) is 10.1. The second-order valence-corrected chi connectivity index (χ2v) is 5.96. The number of likely N-dealkylation sites (tertiary alicyclic amines) is 1. The number of fused-ring (bicyclic) bond motifs is 5. The minimum atomic E-state index is -0.284. The van der Waals surface area contributed by atoms with Crippen LogP contribution < -0.4 is 5.32 Å². The maximum Gasteiger partial charge on any atom is 0.240 e. The lowest BCUT2D eigenvalue weighted by Gasteiger charge is -2.16. The van der Waals surface area contributed by atoms with Crippen LogP contribution in [0, 0.1) is 23.7 Å². The first kappa shape index (κ1) is 14.3. The van der Waals surface area contributed by atoms with Gasteiger partial charge < -0.3 is 10.1 Å². The van der Waals surface area contributed by atoms with Gasteiger partial charge in [-0.05, 0) is 24.7 Å². The fourth-order valence-corrected chi connectivity index (χ4v) is 3.76. The van der Waals surface area contributed by atoms with Crippen LogP contribution in [0.3, 0.4) is 0 Å². The van der Waals surface area contributed by atoms with E-state index in [0.29, 0.717) is 19.6 Å². The predicted octanol–water partition coefficient (Wildman–Crippen LogP) is -0.0538. The SMILES string of the molecule is COCCCNC(=O)CN1C(=O)C2C3C=CC(C3)C2C1=O. The molecule has 1 heterocycles. The van der Waals surface area contributed by atoms with Gasteiger partial charge in [-0.1, -0.05) is 12.2 Å². The molecule has 6 nitrogen and oxygen atoms in total. The summed E-state index contributed by atoms with van der Waals surface area (Å²) in [7, 11) is 1.60. The highest BCUT2D eigenvalue weighted by Gasteiger charge is 2.59. The summed E-state index contributed by atoms with van der Waals surface area (Å²) in [6.07, 6.45) is 5.71. The van der Waals surface area contributed by atoms with Gasteiger partial charge in [0, 0.05) is 20.3 Å². The quantitative estimate of drug-likeness (QED) is 0.423. The largest absolute Gasteiger partial charge is 0.385 e. The second-order valence-electron chi connectivity index (χ2n) is 5.96. The molecule has 3 rings (SSSR count). The lowest BCUT2D eigenvalue weighted by Crippen LogP contribution is -2.42. The molecular formula is C15H20N2O4. The van der Waals surface area contributed by atoms with Gasteiger partial charge in [0.05, 0.1) is 11.8 Å². The molecule has 114 valence electrons. The molecule has 2 bridgehead atoms. The van der Waals surface area contributed by atoms with Gasteiger partial charge in [0.1, 0.15) is 6.54 Å². The van der Waals surface area contributed by atoms with Crippen LogP contribution in [-0.4, -0.2) is 49.4 Å². The summed E-state index contributed by atoms with van der Waals surface area (Å²) in [5.41, 5.74) is 0. The van der Waals surface area contributed by atoms with Crippen molar-refractivity contribution in [3.63, 3.8) is 0 Å². The van der Waals surface area contributed by atoms with E-state index in [1.165, 1.54) is 0 Å². The van der Waals surface area contributed by atoms with Crippen LogP contribution in [0.2, 0.25) is 0 Å². The van der Waals surface area contributed by atoms with Crippen LogP contribution in [0.25, 0.3) is 0 Å². The Morgan fingerprint density at radius 1 is 1.29 bits per heavy atom. The van der Waals surface area contributed by atoms with Crippen molar-refractivity contribution in [2.75, 3.05) is 26.8 Å².